The van der Waals surface area contributed by atoms with E-state index < -0.39 is 11.7 Å². The Bertz CT molecular complexity index is 1240. The van der Waals surface area contributed by atoms with Crippen molar-refractivity contribution in [3.63, 3.8) is 0 Å². The molecular weight excluding hydrogens is 389 g/mol. The van der Waals surface area contributed by atoms with Crippen LogP contribution >= 0.6 is 22.7 Å². The molecule has 0 aliphatic heterocycles. The Labute approximate surface area is 160 Å². The molecule has 3 heterocycles. The van der Waals surface area contributed by atoms with Crippen LogP contribution in [-0.4, -0.2) is 22.7 Å². The summed E-state index contributed by atoms with van der Waals surface area (Å²) in [5.41, 5.74) is 2.70. The van der Waals surface area contributed by atoms with Crippen molar-refractivity contribution in [1.29, 1.82) is 0 Å². The molecule has 0 unspecified atom stereocenters. The van der Waals surface area contributed by atoms with E-state index in [1.54, 1.807) is 30.5 Å². The van der Waals surface area contributed by atoms with Crippen LogP contribution in [0.4, 0.5) is 4.39 Å². The summed E-state index contributed by atoms with van der Waals surface area (Å²) in [6, 6.07) is 6.35. The molecule has 4 aromatic rings. The van der Waals surface area contributed by atoms with E-state index in [9.17, 15) is 14.0 Å². The van der Waals surface area contributed by atoms with Crippen LogP contribution in [0.2, 0.25) is 0 Å². The van der Waals surface area contributed by atoms with Crippen molar-refractivity contribution in [2.75, 3.05) is 12.5 Å². The number of hydrogen-bond acceptors (Lipinski definition) is 6. The van der Waals surface area contributed by atoms with Crippen LogP contribution in [0.25, 0.3) is 20.3 Å². The molecule has 0 spiro atoms. The maximum absolute atomic E-state index is 14.3. The van der Waals surface area contributed by atoms with Crippen molar-refractivity contribution in [3.05, 3.63) is 62.1 Å². The van der Waals surface area contributed by atoms with Crippen molar-refractivity contribution < 1.29 is 13.9 Å². The summed E-state index contributed by atoms with van der Waals surface area (Å²) in [6.07, 6.45) is 0. The van der Waals surface area contributed by atoms with Gasteiger partial charge in [0, 0.05) is 22.8 Å². The van der Waals surface area contributed by atoms with E-state index in [1.165, 1.54) is 24.5 Å². The number of fused-ring (bicyclic) bond motifs is 2. The number of ether oxygens (including phenoxy) is 1. The van der Waals surface area contributed by atoms with Gasteiger partial charge in [-0.15, -0.1) is 22.7 Å². The highest BCUT2D eigenvalue weighted by atomic mass is 32.1. The van der Waals surface area contributed by atoms with Gasteiger partial charge in [0.2, 0.25) is 0 Å². The lowest BCUT2D eigenvalue weighted by atomic mass is 10.1. The van der Waals surface area contributed by atoms with Gasteiger partial charge in [0.1, 0.15) is 21.3 Å². The molecule has 0 aliphatic rings. The maximum atomic E-state index is 14.3. The molecule has 0 saturated carbocycles. The molecule has 4 rings (SSSR count). The van der Waals surface area contributed by atoms with Crippen molar-refractivity contribution in [2.24, 2.45) is 0 Å². The molecule has 138 valence electrons. The number of benzene rings is 1. The average molecular weight is 403 g/mol. The Kier molecular flexibility index (Phi) is 4.50. The Balaban J connectivity index is 1.81. The second kappa shape index (κ2) is 6.84. The minimum Gasteiger partial charge on any atom is -0.380 e. The quantitative estimate of drug-likeness (QED) is 0.565. The SMILES string of the molecule is COCc1c(C(=O)Nn2c(C)nc3sccc3c2=O)sc2cccc(F)c12. The minimum absolute atomic E-state index is 0.0827. The summed E-state index contributed by atoms with van der Waals surface area (Å²) >= 11 is 2.52. The first-order chi connectivity index (χ1) is 13.0. The Morgan fingerprint density at radius 3 is 2.96 bits per heavy atom. The molecule has 1 N–H and O–H groups in total. The van der Waals surface area contributed by atoms with Gasteiger partial charge in [-0.1, -0.05) is 6.07 Å². The number of nitrogens with zero attached hydrogens (tertiary/aromatic N) is 2. The second-order valence-corrected chi connectivity index (χ2v) is 7.78. The number of nitrogens with one attached hydrogen (secondary N) is 1. The van der Waals surface area contributed by atoms with Crippen LogP contribution in [0, 0.1) is 12.7 Å². The lowest BCUT2D eigenvalue weighted by Gasteiger charge is -2.11. The first-order valence-electron chi connectivity index (χ1n) is 7.98. The van der Waals surface area contributed by atoms with Gasteiger partial charge in [-0.2, -0.15) is 0 Å². The van der Waals surface area contributed by atoms with Crippen LogP contribution in [-0.2, 0) is 11.3 Å². The molecule has 0 fully saturated rings. The molecule has 3 aromatic heterocycles. The monoisotopic (exact) mass is 403 g/mol. The Morgan fingerprint density at radius 2 is 2.19 bits per heavy atom. The summed E-state index contributed by atoms with van der Waals surface area (Å²) in [4.78, 5) is 30.8. The lowest BCUT2D eigenvalue weighted by molar-refractivity contribution is 0.101. The average Bonchev–Trinajstić information content (AvgIpc) is 3.24. The van der Waals surface area contributed by atoms with E-state index in [-0.39, 0.29) is 12.2 Å². The number of rotatable bonds is 4. The number of carbonyl (C=O) groups is 1. The largest absolute Gasteiger partial charge is 0.380 e. The van der Waals surface area contributed by atoms with E-state index in [2.05, 4.69) is 10.4 Å². The normalized spacial score (nSPS) is 11.4. The van der Waals surface area contributed by atoms with Crippen LogP contribution in [0.5, 0.6) is 0 Å². The zero-order chi connectivity index (χ0) is 19.1. The molecule has 0 aliphatic carbocycles. The molecule has 0 bridgehead atoms. The van der Waals surface area contributed by atoms with Gasteiger partial charge in [-0.25, -0.2) is 14.1 Å². The Morgan fingerprint density at radius 1 is 1.37 bits per heavy atom. The molecule has 0 saturated heterocycles. The number of aromatic nitrogens is 2. The summed E-state index contributed by atoms with van der Waals surface area (Å²) < 4.78 is 21.2. The third-order valence-electron chi connectivity index (χ3n) is 4.14. The summed E-state index contributed by atoms with van der Waals surface area (Å²) in [6.45, 7) is 1.72. The van der Waals surface area contributed by atoms with Gasteiger partial charge in [0.05, 0.1) is 12.0 Å². The van der Waals surface area contributed by atoms with Crippen molar-refractivity contribution in [1.82, 2.24) is 9.66 Å². The molecule has 1 amide bonds. The van der Waals surface area contributed by atoms with Crippen LogP contribution < -0.4 is 11.0 Å². The fraction of sp³-hybridized carbons (Fsp3) is 0.167. The topological polar surface area (TPSA) is 73.2 Å². The van der Waals surface area contributed by atoms with Crippen molar-refractivity contribution >= 4 is 48.9 Å². The molecule has 6 nitrogen and oxygen atoms in total. The van der Waals surface area contributed by atoms with E-state index in [0.717, 1.165) is 16.0 Å². The smallest absolute Gasteiger partial charge is 0.281 e. The number of amides is 1. The van der Waals surface area contributed by atoms with E-state index in [0.29, 0.717) is 36.6 Å². The second-order valence-electron chi connectivity index (χ2n) is 5.84. The number of thiophene rings is 2. The molecule has 0 radical (unpaired) electrons. The summed E-state index contributed by atoms with van der Waals surface area (Å²) in [7, 11) is 1.48. The lowest BCUT2D eigenvalue weighted by Crippen LogP contribution is -2.35. The number of hydrogen-bond donors (Lipinski definition) is 1. The first kappa shape index (κ1) is 17.8. The summed E-state index contributed by atoms with van der Waals surface area (Å²) in [5, 5.41) is 2.58. The highest BCUT2D eigenvalue weighted by molar-refractivity contribution is 7.21. The fourth-order valence-corrected chi connectivity index (χ4v) is 4.84. The van der Waals surface area contributed by atoms with Gasteiger partial charge < -0.3 is 4.74 Å². The molecule has 9 heteroatoms. The number of halogens is 1. The predicted molar refractivity (Wildman–Crippen MR) is 105 cm³/mol. The number of methoxy groups -OCH3 is 1. The summed E-state index contributed by atoms with van der Waals surface area (Å²) in [5.74, 6) is -0.558. The third-order valence-corrected chi connectivity index (χ3v) is 6.14. The van der Waals surface area contributed by atoms with Gasteiger partial charge in [-0.3, -0.25) is 15.0 Å². The maximum Gasteiger partial charge on any atom is 0.281 e. The van der Waals surface area contributed by atoms with Crippen LogP contribution in [0.1, 0.15) is 21.1 Å². The van der Waals surface area contributed by atoms with Crippen LogP contribution in [0.3, 0.4) is 0 Å². The molecular formula is C18H14FN3O3S2. The van der Waals surface area contributed by atoms with E-state index >= 15 is 0 Å². The predicted octanol–water partition coefficient (Wildman–Crippen LogP) is 3.65. The van der Waals surface area contributed by atoms with Gasteiger partial charge >= 0.3 is 0 Å². The highest BCUT2D eigenvalue weighted by Crippen LogP contribution is 2.33. The van der Waals surface area contributed by atoms with Gasteiger partial charge in [0.15, 0.2) is 0 Å². The van der Waals surface area contributed by atoms with Crippen molar-refractivity contribution in [3.8, 4) is 0 Å². The minimum atomic E-state index is -0.510. The molecule has 1 aromatic carbocycles. The van der Waals surface area contributed by atoms with Crippen LogP contribution in [0.15, 0.2) is 34.4 Å². The van der Waals surface area contributed by atoms with E-state index in [4.69, 9.17) is 4.74 Å². The molecule has 0 atom stereocenters. The number of carbonyl (C=O) groups excluding carboxylic acids is 1. The number of aryl methyl sites for hydroxylation is 1. The zero-order valence-corrected chi connectivity index (χ0v) is 16.0. The van der Waals surface area contributed by atoms with Gasteiger partial charge in [0.25, 0.3) is 11.5 Å². The Hall–Kier alpha value is -2.62. The highest BCUT2D eigenvalue weighted by Gasteiger charge is 2.22. The van der Waals surface area contributed by atoms with Gasteiger partial charge in [-0.05, 0) is 30.5 Å². The van der Waals surface area contributed by atoms with E-state index in [1.807, 2.05) is 0 Å². The third kappa shape index (κ3) is 2.93. The first-order valence-corrected chi connectivity index (χ1v) is 9.68. The zero-order valence-electron chi connectivity index (χ0n) is 14.4. The van der Waals surface area contributed by atoms with Crippen molar-refractivity contribution in [2.45, 2.75) is 13.5 Å². The standard InChI is InChI=1S/C18H14FN3O3S2/c1-9-20-17-10(6-7-26-17)18(24)22(9)21-16(23)15-11(8-25-2)14-12(19)4-3-5-13(14)27-15/h3-7H,8H2,1-2H3,(H,21,23). The molecule has 27 heavy (non-hydrogen) atoms. The fourth-order valence-electron chi connectivity index (χ4n) is 2.93.